The van der Waals surface area contributed by atoms with Gasteiger partial charge in [-0.3, -0.25) is 14.4 Å². The number of aldehydes is 1. The fourth-order valence-corrected chi connectivity index (χ4v) is 5.45. The summed E-state index contributed by atoms with van der Waals surface area (Å²) in [5.41, 5.74) is -1.35. The minimum Gasteiger partial charge on any atom is -0.507 e. The summed E-state index contributed by atoms with van der Waals surface area (Å²) in [5, 5.41) is 69.6. The van der Waals surface area contributed by atoms with Gasteiger partial charge in [-0.1, -0.05) is 0 Å². The van der Waals surface area contributed by atoms with Crippen LogP contribution >= 0.6 is 0 Å². The number of aryl methyl sites for hydroxylation is 4. The van der Waals surface area contributed by atoms with Crippen molar-refractivity contribution in [1.82, 2.24) is 0 Å². The van der Waals surface area contributed by atoms with Crippen molar-refractivity contribution in [3.63, 3.8) is 0 Å². The molecule has 1 aliphatic rings. The fraction of sp³-hybridized carbons (Fsp3) is 0.171. The molecule has 4 aromatic rings. The zero-order valence-electron chi connectivity index (χ0n) is 26.9. The molecular weight excluding hydrogens is 644 g/mol. The van der Waals surface area contributed by atoms with Crippen LogP contribution in [-0.2, 0) is 0 Å². The molecule has 0 unspecified atom stereocenters. The Kier molecular flexibility index (Phi) is 9.30. The number of benzene rings is 4. The molecule has 0 aromatic heterocycles. The van der Waals surface area contributed by atoms with E-state index in [0.717, 1.165) is 12.1 Å². The smallest absolute Gasteiger partial charge is 0.347 e. The lowest BCUT2D eigenvalue weighted by Crippen LogP contribution is -2.22. The number of fused-ring (bicyclic) bond motifs is 2. The summed E-state index contributed by atoms with van der Waals surface area (Å²) in [6, 6.07) is 5.04. The van der Waals surface area contributed by atoms with Gasteiger partial charge in [0.25, 0.3) is 0 Å². The van der Waals surface area contributed by atoms with Crippen LogP contribution in [-0.4, -0.2) is 72.6 Å². The second kappa shape index (κ2) is 12.9. The molecule has 0 aliphatic heterocycles. The molecule has 0 amide bonds. The minimum atomic E-state index is -1.38. The molecule has 7 N–H and O–H groups in total. The Labute approximate surface area is 277 Å². The van der Waals surface area contributed by atoms with E-state index in [4.69, 9.17) is 9.47 Å². The van der Waals surface area contributed by atoms with Crippen LogP contribution in [0, 0.1) is 34.6 Å². The maximum Gasteiger partial charge on any atom is 0.347 e. The van der Waals surface area contributed by atoms with Gasteiger partial charge in [0.15, 0.2) is 6.29 Å². The first-order chi connectivity index (χ1) is 22.9. The topological polar surface area (TPSA) is 245 Å². The molecule has 5 rings (SSSR count). The van der Waals surface area contributed by atoms with E-state index in [1.807, 2.05) is 0 Å². The molecule has 0 saturated heterocycles. The molecule has 14 heteroatoms. The van der Waals surface area contributed by atoms with Gasteiger partial charge in [0.2, 0.25) is 11.6 Å². The molecule has 254 valence electrons. The number of hydrogen-bond acceptors (Lipinski definition) is 13. The number of phenolic OH excluding ortho intramolecular Hbond substituents is 5. The van der Waals surface area contributed by atoms with Crippen molar-refractivity contribution in [2.24, 2.45) is 0 Å². The van der Waals surface area contributed by atoms with Crippen LogP contribution in [0.1, 0.15) is 90.7 Å². The molecule has 4 aromatic carbocycles. The van der Waals surface area contributed by atoms with Gasteiger partial charge < -0.3 is 45.2 Å². The second-order valence-electron chi connectivity index (χ2n) is 11.2. The van der Waals surface area contributed by atoms with Crippen molar-refractivity contribution in [1.29, 1.82) is 0 Å². The highest BCUT2D eigenvalue weighted by Crippen LogP contribution is 2.45. The molecule has 0 fully saturated rings. The predicted molar refractivity (Wildman–Crippen MR) is 170 cm³/mol. The first-order valence-electron chi connectivity index (χ1n) is 14.2. The third kappa shape index (κ3) is 5.79. The highest BCUT2D eigenvalue weighted by atomic mass is 16.5. The van der Waals surface area contributed by atoms with E-state index >= 15 is 0 Å². The summed E-state index contributed by atoms with van der Waals surface area (Å²) in [4.78, 5) is 60.3. The van der Waals surface area contributed by atoms with Gasteiger partial charge in [0, 0.05) is 5.56 Å². The third-order valence-corrected chi connectivity index (χ3v) is 8.01. The van der Waals surface area contributed by atoms with Crippen LogP contribution in [0.5, 0.6) is 46.0 Å². The maximum absolute atomic E-state index is 12.6. The summed E-state index contributed by atoms with van der Waals surface area (Å²) in [7, 11) is 1.31. The molecule has 1 aliphatic carbocycles. The van der Waals surface area contributed by atoms with Gasteiger partial charge >= 0.3 is 11.9 Å². The van der Waals surface area contributed by atoms with Gasteiger partial charge in [-0.15, -0.1) is 0 Å². The van der Waals surface area contributed by atoms with Crippen molar-refractivity contribution in [3.05, 3.63) is 91.0 Å². The number of esters is 1. The molecule has 14 nitrogen and oxygen atoms in total. The summed E-state index contributed by atoms with van der Waals surface area (Å²) >= 11 is 0. The number of ether oxygens (including phenoxy) is 2. The summed E-state index contributed by atoms with van der Waals surface area (Å²) in [6.07, 6.45) is 0.350. The minimum absolute atomic E-state index is 0.0419. The standard InChI is InChI=1S/C19H18O8.C16H12O6/c1-8-5-13(26-4)11(7-20)17(22)14(8)19(25)27-12-6-9(2)16(21)15(10(12)3)18(23)24;1-5-3-7(17)9-11(13(5)19)15(21)10-8(18)4-6(2)14(20)12(10)16(9)22/h5-7,21-22H,1-4H3,(H,23,24);3-4,17-20H,1-2H3. The second-order valence-corrected chi connectivity index (χ2v) is 11.2. The summed E-state index contributed by atoms with van der Waals surface area (Å²) < 4.78 is 10.3. The van der Waals surface area contributed by atoms with Crippen LogP contribution in [0.4, 0.5) is 0 Å². The Balaban J connectivity index is 0.000000225. The van der Waals surface area contributed by atoms with E-state index in [1.165, 1.54) is 53.9 Å². The highest BCUT2D eigenvalue weighted by Gasteiger charge is 2.39. The maximum atomic E-state index is 12.6. The number of ketones is 2. The summed E-state index contributed by atoms with van der Waals surface area (Å²) in [6.45, 7) is 7.29. The normalized spacial score (nSPS) is 11.6. The first kappa shape index (κ1) is 35.3. The average Bonchev–Trinajstić information content (AvgIpc) is 3.02. The SMILES string of the molecule is COc1cc(C)c(C(=O)Oc2cc(C)c(O)c(C(=O)O)c2C)c(O)c1C=O.Cc1cc(O)c2c(c1O)C(=O)c1c(O)cc(C)c(O)c1C2=O. The monoisotopic (exact) mass is 674 g/mol. The van der Waals surface area contributed by atoms with Crippen molar-refractivity contribution < 1.29 is 69.2 Å². The Morgan fingerprint density at radius 1 is 0.612 bits per heavy atom. The molecule has 0 bridgehead atoms. The van der Waals surface area contributed by atoms with Gasteiger partial charge in [0.05, 0.1) is 34.9 Å². The number of rotatable bonds is 5. The highest BCUT2D eigenvalue weighted by molar-refractivity contribution is 6.32. The molecule has 0 saturated carbocycles. The molecular formula is C35H30O14. The number of carboxylic acid groups (broad SMARTS) is 1. The van der Waals surface area contributed by atoms with Gasteiger partial charge in [-0.2, -0.15) is 0 Å². The van der Waals surface area contributed by atoms with Crippen molar-refractivity contribution >= 4 is 29.8 Å². The van der Waals surface area contributed by atoms with Crippen molar-refractivity contribution in [2.45, 2.75) is 34.6 Å². The number of aromatic carboxylic acids is 1. The van der Waals surface area contributed by atoms with Crippen LogP contribution in [0.25, 0.3) is 0 Å². The zero-order valence-corrected chi connectivity index (χ0v) is 26.9. The number of phenols is 6. The molecule has 0 spiro atoms. The first-order valence-corrected chi connectivity index (χ1v) is 14.2. The van der Waals surface area contributed by atoms with Crippen LogP contribution in [0.15, 0.2) is 24.3 Å². The van der Waals surface area contributed by atoms with Gasteiger partial charge in [-0.25, -0.2) is 9.59 Å². The third-order valence-electron chi connectivity index (χ3n) is 8.01. The Morgan fingerprint density at radius 3 is 1.49 bits per heavy atom. The van der Waals surface area contributed by atoms with E-state index in [0.29, 0.717) is 11.8 Å². The lowest BCUT2D eigenvalue weighted by atomic mass is 9.80. The predicted octanol–water partition coefficient (Wildman–Crippen LogP) is 4.66. The number of carbonyl (C=O) groups excluding carboxylic acids is 4. The van der Waals surface area contributed by atoms with E-state index in [9.17, 15) is 59.7 Å². The zero-order chi connectivity index (χ0) is 36.8. The number of methoxy groups -OCH3 is 1. The Morgan fingerprint density at radius 2 is 1.06 bits per heavy atom. The number of hydrogen-bond donors (Lipinski definition) is 7. The van der Waals surface area contributed by atoms with E-state index in [2.05, 4.69) is 0 Å². The van der Waals surface area contributed by atoms with E-state index in [1.54, 1.807) is 0 Å². The molecule has 0 heterocycles. The number of carbonyl (C=O) groups is 5. The van der Waals surface area contributed by atoms with Crippen molar-refractivity contribution in [2.75, 3.05) is 7.11 Å². The quantitative estimate of drug-likeness (QED) is 0.0580. The lowest BCUT2D eigenvalue weighted by molar-refractivity contribution is 0.0681. The largest absolute Gasteiger partial charge is 0.507 e. The lowest BCUT2D eigenvalue weighted by Gasteiger charge is -2.22. The number of carboxylic acids is 1. The molecule has 0 radical (unpaired) electrons. The Bertz CT molecular complexity index is 2070. The van der Waals surface area contributed by atoms with Crippen LogP contribution in [0.2, 0.25) is 0 Å². The van der Waals surface area contributed by atoms with Gasteiger partial charge in [0.1, 0.15) is 57.1 Å². The average molecular weight is 675 g/mol. The van der Waals surface area contributed by atoms with Gasteiger partial charge in [-0.05, 0) is 81.1 Å². The summed E-state index contributed by atoms with van der Waals surface area (Å²) in [5.74, 6) is -6.82. The van der Waals surface area contributed by atoms with E-state index < -0.39 is 58.0 Å². The van der Waals surface area contributed by atoms with Crippen molar-refractivity contribution in [3.8, 4) is 46.0 Å². The van der Waals surface area contributed by atoms with Crippen LogP contribution in [0.3, 0.4) is 0 Å². The van der Waals surface area contributed by atoms with E-state index in [-0.39, 0.29) is 72.7 Å². The molecule has 0 atom stereocenters. The fourth-order valence-electron chi connectivity index (χ4n) is 5.45. The van der Waals surface area contributed by atoms with Crippen LogP contribution < -0.4 is 9.47 Å². The molecule has 49 heavy (non-hydrogen) atoms. The number of aromatic hydroxyl groups is 6. The Hall–Kier alpha value is -6.57.